The van der Waals surface area contributed by atoms with Crippen molar-refractivity contribution in [2.24, 2.45) is 0 Å². The molecule has 114 valence electrons. The van der Waals surface area contributed by atoms with Gasteiger partial charge in [-0.15, -0.1) is 0 Å². The summed E-state index contributed by atoms with van der Waals surface area (Å²) in [6.07, 6.45) is 4.07. The molecule has 5 heteroatoms. The number of carbonyl (C=O) groups is 1. The van der Waals surface area contributed by atoms with Gasteiger partial charge in [-0.3, -0.25) is 0 Å². The summed E-state index contributed by atoms with van der Waals surface area (Å²) in [6.45, 7) is 2.93. The third kappa shape index (κ3) is 3.12. The number of phenolic OH excluding ortho intramolecular Hbond substituents is 1. The Kier molecular flexibility index (Phi) is 4.02. The van der Waals surface area contributed by atoms with Crippen molar-refractivity contribution >= 4 is 17.8 Å². The van der Waals surface area contributed by atoms with E-state index in [1.54, 1.807) is 6.07 Å². The number of aromatic hydroxyl groups is 1. The van der Waals surface area contributed by atoms with Gasteiger partial charge in [-0.05, 0) is 55.6 Å². The number of nitrogens with one attached hydrogen (secondary N) is 2. The maximum atomic E-state index is 12.1. The van der Waals surface area contributed by atoms with E-state index in [9.17, 15) is 9.90 Å². The van der Waals surface area contributed by atoms with Crippen LogP contribution in [0.3, 0.4) is 0 Å². The van der Waals surface area contributed by atoms with Crippen molar-refractivity contribution in [1.82, 2.24) is 10.6 Å². The van der Waals surface area contributed by atoms with Crippen molar-refractivity contribution in [2.45, 2.75) is 43.4 Å². The molecule has 2 amide bonds. The van der Waals surface area contributed by atoms with Crippen LogP contribution in [0, 0.1) is 0 Å². The number of thioether (sulfide) groups is 1. The fourth-order valence-corrected chi connectivity index (χ4v) is 4.48. The van der Waals surface area contributed by atoms with E-state index in [1.807, 2.05) is 23.9 Å². The Bertz CT molecular complexity index is 541. The van der Waals surface area contributed by atoms with Crippen LogP contribution in [0.4, 0.5) is 4.79 Å². The lowest BCUT2D eigenvalue weighted by Crippen LogP contribution is -2.43. The minimum Gasteiger partial charge on any atom is -0.508 e. The molecular formula is C16H22N2O2S. The Morgan fingerprint density at radius 2 is 2.38 bits per heavy atom. The van der Waals surface area contributed by atoms with Crippen LogP contribution in [-0.2, 0) is 6.42 Å². The number of hydrogen-bond donors (Lipinski definition) is 3. The minimum atomic E-state index is -0.107. The first-order chi connectivity index (χ1) is 10.1. The van der Waals surface area contributed by atoms with E-state index in [0.717, 1.165) is 30.4 Å². The number of phenols is 1. The molecule has 2 aliphatic rings. The number of amides is 2. The summed E-state index contributed by atoms with van der Waals surface area (Å²) < 4.78 is 0.184. The normalized spacial score (nSPS) is 27.4. The monoisotopic (exact) mass is 306 g/mol. The van der Waals surface area contributed by atoms with E-state index in [0.29, 0.717) is 12.3 Å². The zero-order valence-electron chi connectivity index (χ0n) is 12.3. The van der Waals surface area contributed by atoms with Gasteiger partial charge in [0.1, 0.15) is 5.75 Å². The van der Waals surface area contributed by atoms with Gasteiger partial charge in [0.25, 0.3) is 0 Å². The van der Waals surface area contributed by atoms with Crippen LogP contribution in [0.5, 0.6) is 5.75 Å². The van der Waals surface area contributed by atoms with Crippen LogP contribution in [-0.4, -0.2) is 28.2 Å². The van der Waals surface area contributed by atoms with E-state index >= 15 is 0 Å². The molecule has 0 spiro atoms. The van der Waals surface area contributed by atoms with E-state index < -0.39 is 0 Å². The van der Waals surface area contributed by atoms with E-state index in [-0.39, 0.29) is 16.8 Å². The second-order valence-electron chi connectivity index (χ2n) is 6.17. The lowest BCUT2D eigenvalue weighted by molar-refractivity contribution is 0.236. The summed E-state index contributed by atoms with van der Waals surface area (Å²) in [5.74, 6) is 1.53. The van der Waals surface area contributed by atoms with Gasteiger partial charge in [0.05, 0.1) is 6.04 Å². The van der Waals surface area contributed by atoms with Crippen LogP contribution in [0.1, 0.15) is 43.4 Å². The molecule has 1 aliphatic carbocycles. The molecule has 2 atom stereocenters. The average molecular weight is 306 g/mol. The second kappa shape index (κ2) is 5.79. The molecular weight excluding hydrogens is 284 g/mol. The summed E-state index contributed by atoms with van der Waals surface area (Å²) in [6, 6.07) is 5.43. The molecule has 0 radical (unpaired) electrons. The Morgan fingerprint density at radius 3 is 3.14 bits per heavy atom. The van der Waals surface area contributed by atoms with E-state index in [4.69, 9.17) is 0 Å². The molecule has 0 saturated carbocycles. The van der Waals surface area contributed by atoms with Crippen molar-refractivity contribution < 1.29 is 9.90 Å². The van der Waals surface area contributed by atoms with Gasteiger partial charge in [0.2, 0.25) is 0 Å². The number of hydrogen-bond acceptors (Lipinski definition) is 3. The molecule has 0 unspecified atom stereocenters. The number of benzene rings is 1. The molecule has 3 N–H and O–H groups in total. The lowest BCUT2D eigenvalue weighted by atomic mass is 10.1. The Morgan fingerprint density at radius 1 is 1.52 bits per heavy atom. The number of rotatable bonds is 3. The maximum absolute atomic E-state index is 12.1. The van der Waals surface area contributed by atoms with Gasteiger partial charge in [-0.25, -0.2) is 4.79 Å². The predicted molar refractivity (Wildman–Crippen MR) is 85.8 cm³/mol. The topological polar surface area (TPSA) is 61.4 Å². The predicted octanol–water partition coefficient (Wildman–Crippen LogP) is 2.96. The van der Waals surface area contributed by atoms with Crippen molar-refractivity contribution in [1.29, 1.82) is 0 Å². The molecule has 1 saturated heterocycles. The standard InChI is InChI=1S/C16H22N2O2S/c1-16(8-3-9-21-16)10-17-15(20)18-13-7-6-12-11(13)4-2-5-14(12)19/h2,4-5,13,19H,3,6-10H2,1H3,(H2,17,18,20)/t13-,16+/m0/s1. The second-order valence-corrected chi connectivity index (χ2v) is 7.85. The highest BCUT2D eigenvalue weighted by Gasteiger charge is 2.30. The Labute approximate surface area is 129 Å². The summed E-state index contributed by atoms with van der Waals surface area (Å²) in [7, 11) is 0. The first-order valence-corrected chi connectivity index (χ1v) is 8.55. The van der Waals surface area contributed by atoms with Crippen LogP contribution >= 0.6 is 11.8 Å². The summed E-state index contributed by atoms with van der Waals surface area (Å²) in [4.78, 5) is 12.1. The van der Waals surface area contributed by atoms with Gasteiger partial charge in [-0.1, -0.05) is 12.1 Å². The van der Waals surface area contributed by atoms with Gasteiger partial charge >= 0.3 is 6.03 Å². The zero-order valence-corrected chi connectivity index (χ0v) is 13.1. The molecule has 0 aromatic heterocycles. The SMILES string of the molecule is C[C@]1(CNC(=O)N[C@H]2CCc3c(O)cccc32)CCCS1. The molecule has 3 rings (SSSR count). The van der Waals surface area contributed by atoms with Crippen molar-refractivity contribution in [3.05, 3.63) is 29.3 Å². The minimum absolute atomic E-state index is 0.0103. The van der Waals surface area contributed by atoms with Crippen molar-refractivity contribution in [2.75, 3.05) is 12.3 Å². The van der Waals surface area contributed by atoms with Crippen molar-refractivity contribution in [3.8, 4) is 5.75 Å². The average Bonchev–Trinajstić information content (AvgIpc) is 3.06. The summed E-state index contributed by atoms with van der Waals surface area (Å²) >= 11 is 1.94. The number of carbonyl (C=O) groups excluding carboxylic acids is 1. The largest absolute Gasteiger partial charge is 0.508 e. The van der Waals surface area contributed by atoms with Gasteiger partial charge in [-0.2, -0.15) is 11.8 Å². The highest BCUT2D eigenvalue weighted by atomic mass is 32.2. The Hall–Kier alpha value is -1.36. The van der Waals surface area contributed by atoms with Crippen LogP contribution < -0.4 is 10.6 Å². The van der Waals surface area contributed by atoms with Gasteiger partial charge < -0.3 is 15.7 Å². The van der Waals surface area contributed by atoms with Crippen molar-refractivity contribution in [3.63, 3.8) is 0 Å². The van der Waals surface area contributed by atoms with Crippen LogP contribution in [0.2, 0.25) is 0 Å². The number of urea groups is 1. The lowest BCUT2D eigenvalue weighted by Gasteiger charge is -2.24. The third-order valence-corrected chi connectivity index (χ3v) is 6.01. The fraction of sp³-hybridized carbons (Fsp3) is 0.562. The van der Waals surface area contributed by atoms with Gasteiger partial charge in [0, 0.05) is 11.3 Å². The summed E-state index contributed by atoms with van der Waals surface area (Å²) in [5.41, 5.74) is 2.02. The molecule has 0 bridgehead atoms. The quantitative estimate of drug-likeness (QED) is 0.804. The number of fused-ring (bicyclic) bond motifs is 1. The zero-order chi connectivity index (χ0) is 14.9. The molecule has 4 nitrogen and oxygen atoms in total. The first-order valence-electron chi connectivity index (χ1n) is 7.56. The molecule has 1 fully saturated rings. The fourth-order valence-electron chi connectivity index (χ4n) is 3.24. The molecule has 1 heterocycles. The molecule has 1 aromatic carbocycles. The maximum Gasteiger partial charge on any atom is 0.315 e. The first kappa shape index (κ1) is 14.6. The smallest absolute Gasteiger partial charge is 0.315 e. The molecule has 21 heavy (non-hydrogen) atoms. The highest BCUT2D eigenvalue weighted by Crippen LogP contribution is 2.37. The van der Waals surface area contributed by atoms with Crippen LogP contribution in [0.15, 0.2) is 18.2 Å². The highest BCUT2D eigenvalue weighted by molar-refractivity contribution is 8.00. The third-order valence-electron chi connectivity index (χ3n) is 4.47. The molecule has 1 aliphatic heterocycles. The summed E-state index contributed by atoms with van der Waals surface area (Å²) in [5, 5.41) is 15.9. The Balaban J connectivity index is 1.56. The molecule has 1 aromatic rings. The van der Waals surface area contributed by atoms with Gasteiger partial charge in [0.15, 0.2) is 0 Å². The van der Waals surface area contributed by atoms with Crippen LogP contribution in [0.25, 0.3) is 0 Å². The van der Waals surface area contributed by atoms with E-state index in [1.165, 1.54) is 12.2 Å². The van der Waals surface area contributed by atoms with E-state index in [2.05, 4.69) is 17.6 Å².